The number of aromatic nitrogens is 3. The second-order valence-electron chi connectivity index (χ2n) is 8.66. The Bertz CT molecular complexity index is 1340. The number of fused-ring (bicyclic) bond motifs is 1. The molecule has 178 valence electrons. The summed E-state index contributed by atoms with van der Waals surface area (Å²) in [5.74, 6) is 1.97. The topological polar surface area (TPSA) is 92.3 Å². The van der Waals surface area contributed by atoms with Gasteiger partial charge in [0.1, 0.15) is 11.6 Å². The van der Waals surface area contributed by atoms with Crippen molar-refractivity contribution in [1.82, 2.24) is 19.9 Å². The van der Waals surface area contributed by atoms with Crippen molar-refractivity contribution >= 4 is 39.8 Å². The summed E-state index contributed by atoms with van der Waals surface area (Å²) >= 11 is 0. The normalized spacial score (nSPS) is 13.6. The summed E-state index contributed by atoms with van der Waals surface area (Å²) in [5, 5.41) is 7.56. The van der Waals surface area contributed by atoms with Gasteiger partial charge in [0.25, 0.3) is 0 Å². The molecule has 1 aliphatic heterocycles. The molecule has 0 saturated carbocycles. The summed E-state index contributed by atoms with van der Waals surface area (Å²) in [6.45, 7) is 2.53. The molecule has 0 amide bonds. The molecule has 1 saturated heterocycles. The number of carbonyl (C=O) groups excluding carboxylic acids is 1. The van der Waals surface area contributed by atoms with Crippen molar-refractivity contribution in [3.63, 3.8) is 0 Å². The highest BCUT2D eigenvalue weighted by molar-refractivity contribution is 5.84. The predicted octanol–water partition coefficient (Wildman–Crippen LogP) is 4.73. The van der Waals surface area contributed by atoms with Crippen molar-refractivity contribution in [3.8, 4) is 5.75 Å². The molecule has 8 heteroatoms. The van der Waals surface area contributed by atoms with Gasteiger partial charge in [0, 0.05) is 35.3 Å². The zero-order valence-electron chi connectivity index (χ0n) is 19.7. The highest BCUT2D eigenvalue weighted by Gasteiger charge is 2.17. The van der Waals surface area contributed by atoms with Crippen LogP contribution in [-0.4, -0.2) is 52.4 Å². The zero-order chi connectivity index (χ0) is 24.0. The molecule has 0 unspecified atom stereocenters. The second kappa shape index (κ2) is 10.5. The van der Waals surface area contributed by atoms with Gasteiger partial charge in [-0.05, 0) is 50.2 Å². The molecular formula is C27H28N6O2. The molecule has 0 spiro atoms. The maximum atomic E-state index is 12.5. The van der Waals surface area contributed by atoms with E-state index in [2.05, 4.69) is 30.5 Å². The van der Waals surface area contributed by atoms with E-state index in [0.717, 1.165) is 40.9 Å². The monoisotopic (exact) mass is 468 g/mol. The Balaban J connectivity index is 1.26. The standard InChI is InChI=1S/C27H28N6O2/c1-35-25-16-21(9-8-20(25)15-23(34)18-33-12-4-5-13-33)31-27-28-11-10-26(32-27)30-22-14-19-6-2-3-7-24(19)29-17-22/h2-3,6-11,14,16-17H,4-5,12-13,15,18H2,1H3,(H2,28,30,31,32). The second-order valence-corrected chi connectivity index (χ2v) is 8.66. The number of methoxy groups -OCH3 is 1. The minimum Gasteiger partial charge on any atom is -0.496 e. The number of Topliss-reactive ketones (excluding diaryl/α,β-unsaturated/α-hetero) is 1. The first-order valence-corrected chi connectivity index (χ1v) is 11.8. The highest BCUT2D eigenvalue weighted by Crippen LogP contribution is 2.26. The van der Waals surface area contributed by atoms with E-state index in [9.17, 15) is 4.79 Å². The maximum Gasteiger partial charge on any atom is 0.229 e. The number of anilines is 4. The third-order valence-electron chi connectivity index (χ3n) is 6.05. The van der Waals surface area contributed by atoms with E-state index in [0.29, 0.717) is 30.5 Å². The van der Waals surface area contributed by atoms with Gasteiger partial charge in [-0.25, -0.2) is 4.98 Å². The van der Waals surface area contributed by atoms with Gasteiger partial charge in [-0.15, -0.1) is 0 Å². The highest BCUT2D eigenvalue weighted by atomic mass is 16.5. The van der Waals surface area contributed by atoms with E-state index >= 15 is 0 Å². The summed E-state index contributed by atoms with van der Waals surface area (Å²) in [4.78, 5) is 28.1. The summed E-state index contributed by atoms with van der Waals surface area (Å²) in [5.41, 5.74) is 3.45. The van der Waals surface area contributed by atoms with Gasteiger partial charge >= 0.3 is 0 Å². The molecule has 0 bridgehead atoms. The van der Waals surface area contributed by atoms with Gasteiger partial charge in [0.2, 0.25) is 5.95 Å². The fraction of sp³-hybridized carbons (Fsp3) is 0.259. The molecule has 3 heterocycles. The Labute approximate surface area is 204 Å². The number of para-hydroxylation sites is 1. The van der Waals surface area contributed by atoms with E-state index in [-0.39, 0.29) is 5.78 Å². The summed E-state index contributed by atoms with van der Waals surface area (Å²) in [7, 11) is 1.62. The number of benzene rings is 2. The van der Waals surface area contributed by atoms with Crippen molar-refractivity contribution < 1.29 is 9.53 Å². The summed E-state index contributed by atoms with van der Waals surface area (Å²) in [6.07, 6.45) is 6.18. The summed E-state index contributed by atoms with van der Waals surface area (Å²) < 4.78 is 5.57. The smallest absolute Gasteiger partial charge is 0.229 e. The van der Waals surface area contributed by atoms with Crippen LogP contribution in [-0.2, 0) is 11.2 Å². The number of ether oxygens (including phenoxy) is 1. The first-order chi connectivity index (χ1) is 17.2. The van der Waals surface area contributed by atoms with Gasteiger partial charge in [0.05, 0.1) is 31.1 Å². The quantitative estimate of drug-likeness (QED) is 0.364. The predicted molar refractivity (Wildman–Crippen MR) is 138 cm³/mol. The number of nitrogens with zero attached hydrogens (tertiary/aromatic N) is 4. The van der Waals surface area contributed by atoms with Crippen LogP contribution in [0.1, 0.15) is 18.4 Å². The van der Waals surface area contributed by atoms with E-state index in [1.54, 1.807) is 25.6 Å². The Morgan fingerprint density at radius 3 is 2.71 bits per heavy atom. The molecule has 5 rings (SSSR count). The first kappa shape index (κ1) is 22.7. The number of pyridine rings is 1. The van der Waals surface area contributed by atoms with Crippen molar-refractivity contribution in [2.24, 2.45) is 0 Å². The number of rotatable bonds is 9. The van der Waals surface area contributed by atoms with Crippen molar-refractivity contribution in [2.75, 3.05) is 37.4 Å². The Morgan fingerprint density at radius 1 is 1.00 bits per heavy atom. The van der Waals surface area contributed by atoms with Crippen LogP contribution in [0.15, 0.2) is 67.0 Å². The molecule has 1 aliphatic rings. The van der Waals surface area contributed by atoms with Crippen LogP contribution in [0, 0.1) is 0 Å². The van der Waals surface area contributed by atoms with Crippen LogP contribution < -0.4 is 15.4 Å². The first-order valence-electron chi connectivity index (χ1n) is 11.8. The fourth-order valence-corrected chi connectivity index (χ4v) is 4.33. The molecule has 2 aromatic heterocycles. The molecule has 0 aliphatic carbocycles. The van der Waals surface area contributed by atoms with Crippen LogP contribution in [0.25, 0.3) is 10.9 Å². The van der Waals surface area contributed by atoms with E-state index in [4.69, 9.17) is 4.74 Å². The van der Waals surface area contributed by atoms with E-state index in [1.807, 2.05) is 48.5 Å². The van der Waals surface area contributed by atoms with E-state index in [1.165, 1.54) is 12.8 Å². The lowest BCUT2D eigenvalue weighted by Gasteiger charge is -2.15. The lowest BCUT2D eigenvalue weighted by atomic mass is 10.1. The molecule has 1 fully saturated rings. The molecule has 0 radical (unpaired) electrons. The van der Waals surface area contributed by atoms with Crippen LogP contribution in [0.2, 0.25) is 0 Å². The zero-order valence-corrected chi connectivity index (χ0v) is 19.7. The number of carbonyl (C=O) groups is 1. The molecule has 35 heavy (non-hydrogen) atoms. The van der Waals surface area contributed by atoms with Crippen molar-refractivity contribution in [1.29, 1.82) is 0 Å². The molecule has 2 N–H and O–H groups in total. The Morgan fingerprint density at radius 2 is 1.86 bits per heavy atom. The largest absolute Gasteiger partial charge is 0.496 e. The maximum absolute atomic E-state index is 12.5. The molecule has 8 nitrogen and oxygen atoms in total. The number of hydrogen-bond donors (Lipinski definition) is 2. The number of hydrogen-bond acceptors (Lipinski definition) is 8. The fourth-order valence-electron chi connectivity index (χ4n) is 4.33. The lowest BCUT2D eigenvalue weighted by Crippen LogP contribution is -2.27. The Hall–Kier alpha value is -4.04. The van der Waals surface area contributed by atoms with Crippen LogP contribution >= 0.6 is 0 Å². The van der Waals surface area contributed by atoms with Crippen LogP contribution in [0.4, 0.5) is 23.1 Å². The number of likely N-dealkylation sites (tertiary alicyclic amines) is 1. The van der Waals surface area contributed by atoms with Crippen molar-refractivity contribution in [2.45, 2.75) is 19.3 Å². The van der Waals surface area contributed by atoms with Gasteiger partial charge in [-0.3, -0.25) is 14.7 Å². The van der Waals surface area contributed by atoms with Crippen LogP contribution in [0.5, 0.6) is 5.75 Å². The number of ketones is 1. The SMILES string of the molecule is COc1cc(Nc2nccc(Nc3cnc4ccccc4c3)n2)ccc1CC(=O)CN1CCCC1. The average Bonchev–Trinajstić information content (AvgIpc) is 3.38. The average molecular weight is 469 g/mol. The third-order valence-corrected chi connectivity index (χ3v) is 6.05. The van der Waals surface area contributed by atoms with Gasteiger partial charge < -0.3 is 15.4 Å². The van der Waals surface area contributed by atoms with Crippen LogP contribution in [0.3, 0.4) is 0 Å². The minimum atomic E-state index is 0.205. The third kappa shape index (κ3) is 5.73. The van der Waals surface area contributed by atoms with Gasteiger partial charge in [-0.1, -0.05) is 24.3 Å². The number of nitrogens with one attached hydrogen (secondary N) is 2. The summed E-state index contributed by atoms with van der Waals surface area (Å²) in [6, 6.07) is 17.5. The van der Waals surface area contributed by atoms with E-state index < -0.39 is 0 Å². The van der Waals surface area contributed by atoms with Crippen molar-refractivity contribution in [3.05, 3.63) is 72.6 Å². The lowest BCUT2D eigenvalue weighted by molar-refractivity contribution is -0.119. The minimum absolute atomic E-state index is 0.205. The molecule has 0 atom stereocenters. The Kier molecular flexibility index (Phi) is 6.81. The van der Waals surface area contributed by atoms with Gasteiger partial charge in [0.15, 0.2) is 5.78 Å². The molecular weight excluding hydrogens is 440 g/mol. The van der Waals surface area contributed by atoms with Gasteiger partial charge in [-0.2, -0.15) is 4.98 Å². The molecule has 4 aromatic rings. The molecule has 2 aromatic carbocycles.